The predicted octanol–water partition coefficient (Wildman–Crippen LogP) is 5.99. The summed E-state index contributed by atoms with van der Waals surface area (Å²) >= 11 is 1.60. The summed E-state index contributed by atoms with van der Waals surface area (Å²) in [7, 11) is 0. The van der Waals surface area contributed by atoms with E-state index in [0.717, 1.165) is 53.7 Å². The molecule has 5 nitrogen and oxygen atoms in total. The van der Waals surface area contributed by atoms with Crippen LogP contribution in [0.4, 0.5) is 0 Å². The van der Waals surface area contributed by atoms with Crippen LogP contribution in [0.15, 0.2) is 54.9 Å². The summed E-state index contributed by atoms with van der Waals surface area (Å²) in [5.74, 6) is 0.416. The van der Waals surface area contributed by atoms with Gasteiger partial charge < -0.3 is 4.74 Å². The number of aryl methyl sites for hydroxylation is 1. The minimum absolute atomic E-state index is 0.155. The van der Waals surface area contributed by atoms with Crippen LogP contribution in [0.1, 0.15) is 70.5 Å². The molecule has 0 spiro atoms. The largest absolute Gasteiger partial charge is 0.465 e. The normalized spacial score (nSPS) is 15.5. The van der Waals surface area contributed by atoms with Crippen molar-refractivity contribution in [1.82, 2.24) is 4.98 Å². The van der Waals surface area contributed by atoms with Gasteiger partial charge in [0.05, 0.1) is 12.2 Å². The Kier molecular flexibility index (Phi) is 9.02. The van der Waals surface area contributed by atoms with Gasteiger partial charge in [0.15, 0.2) is 0 Å². The fraction of sp³-hybridized carbons (Fsp3) is 0.400. The first-order valence-electron chi connectivity index (χ1n) is 12.7. The van der Waals surface area contributed by atoms with Gasteiger partial charge in [-0.1, -0.05) is 43.3 Å². The van der Waals surface area contributed by atoms with Gasteiger partial charge in [0.25, 0.3) is 0 Å². The number of hydrogen-bond acceptors (Lipinski definition) is 6. The van der Waals surface area contributed by atoms with Crippen LogP contribution in [0.3, 0.4) is 0 Å². The molecular weight excluding hydrogens is 468 g/mol. The van der Waals surface area contributed by atoms with E-state index in [-0.39, 0.29) is 23.6 Å². The van der Waals surface area contributed by atoms with Crippen LogP contribution in [0.2, 0.25) is 0 Å². The van der Waals surface area contributed by atoms with E-state index in [4.69, 9.17) is 4.74 Å². The lowest BCUT2D eigenvalue weighted by atomic mass is 9.87. The third-order valence-corrected chi connectivity index (χ3v) is 8.12. The number of carbonyl (C=O) groups is 2. The predicted molar refractivity (Wildman–Crippen MR) is 141 cm³/mol. The molecule has 3 aromatic rings. The lowest BCUT2D eigenvalue weighted by molar-refractivity contribution is -0.145. The second-order valence-corrected chi connectivity index (χ2v) is 10.8. The standard InChI is InChI=1S/C30H32N2O3S/c1-21(24-9-3-2-4-10-24)15-25(33)17-29-27(18-31)26-13-12-23(16-28(26)36-29)20-35-30(34)11-5-7-22-8-6-14-32-19-22/h2-4,6,8-10,14,19,21,23H,5,7,11-13,15-17,20H2,1H3. The molecule has 1 aromatic carbocycles. The molecule has 186 valence electrons. The van der Waals surface area contributed by atoms with E-state index >= 15 is 0 Å². The number of aromatic nitrogens is 1. The fourth-order valence-electron chi connectivity index (χ4n) is 4.87. The summed E-state index contributed by atoms with van der Waals surface area (Å²) in [5, 5.41) is 9.82. The molecule has 4 rings (SSSR count). The molecule has 2 heterocycles. The van der Waals surface area contributed by atoms with Crippen LogP contribution in [-0.4, -0.2) is 23.3 Å². The zero-order valence-corrected chi connectivity index (χ0v) is 21.6. The van der Waals surface area contributed by atoms with Gasteiger partial charge in [0, 0.05) is 41.4 Å². The number of ketones is 1. The number of rotatable bonds is 11. The van der Waals surface area contributed by atoms with Crippen molar-refractivity contribution in [3.8, 4) is 6.07 Å². The van der Waals surface area contributed by atoms with Crippen LogP contribution in [0.25, 0.3) is 0 Å². The van der Waals surface area contributed by atoms with Gasteiger partial charge in [-0.2, -0.15) is 5.26 Å². The van der Waals surface area contributed by atoms with Gasteiger partial charge in [-0.15, -0.1) is 11.3 Å². The molecule has 2 aromatic heterocycles. The minimum Gasteiger partial charge on any atom is -0.465 e. The molecule has 2 atom stereocenters. The van der Waals surface area contributed by atoms with Crippen LogP contribution >= 0.6 is 11.3 Å². The summed E-state index contributed by atoms with van der Waals surface area (Å²) in [4.78, 5) is 31.2. The second-order valence-electron chi connectivity index (χ2n) is 9.65. The minimum atomic E-state index is -0.160. The van der Waals surface area contributed by atoms with Crippen molar-refractivity contribution in [3.05, 3.63) is 86.9 Å². The van der Waals surface area contributed by atoms with E-state index in [1.165, 1.54) is 4.88 Å². The highest BCUT2D eigenvalue weighted by atomic mass is 32.1. The fourth-order valence-corrected chi connectivity index (χ4v) is 6.31. The number of hydrogen-bond donors (Lipinski definition) is 0. The maximum absolute atomic E-state index is 12.8. The summed E-state index contributed by atoms with van der Waals surface area (Å²) in [6.07, 6.45) is 8.80. The van der Waals surface area contributed by atoms with Crippen LogP contribution < -0.4 is 0 Å². The molecule has 0 amide bonds. The van der Waals surface area contributed by atoms with E-state index in [1.54, 1.807) is 17.5 Å². The summed E-state index contributed by atoms with van der Waals surface area (Å²) < 4.78 is 5.58. The first-order chi connectivity index (χ1) is 17.5. The summed E-state index contributed by atoms with van der Waals surface area (Å²) in [6.45, 7) is 2.48. The van der Waals surface area contributed by atoms with Gasteiger partial charge in [-0.25, -0.2) is 0 Å². The summed E-state index contributed by atoms with van der Waals surface area (Å²) in [5.41, 5.74) is 4.08. The first-order valence-corrected chi connectivity index (χ1v) is 13.5. The van der Waals surface area contributed by atoms with E-state index in [9.17, 15) is 14.9 Å². The van der Waals surface area contributed by atoms with Crippen molar-refractivity contribution in [2.24, 2.45) is 5.92 Å². The van der Waals surface area contributed by atoms with E-state index < -0.39 is 0 Å². The van der Waals surface area contributed by atoms with Crippen molar-refractivity contribution in [1.29, 1.82) is 5.26 Å². The number of thiophene rings is 1. The van der Waals surface area contributed by atoms with Crippen LogP contribution in [-0.2, 0) is 40.0 Å². The molecule has 2 unspecified atom stereocenters. The smallest absolute Gasteiger partial charge is 0.305 e. The Balaban J connectivity index is 1.27. The molecule has 0 aliphatic heterocycles. The Hall–Kier alpha value is -3.30. The van der Waals surface area contributed by atoms with Crippen LogP contribution in [0, 0.1) is 17.2 Å². The molecule has 36 heavy (non-hydrogen) atoms. The molecule has 0 fully saturated rings. The van der Waals surface area contributed by atoms with Crippen molar-refractivity contribution in [3.63, 3.8) is 0 Å². The molecule has 1 aliphatic rings. The Morgan fingerprint density at radius 3 is 2.81 bits per heavy atom. The van der Waals surface area contributed by atoms with Gasteiger partial charge >= 0.3 is 5.97 Å². The van der Waals surface area contributed by atoms with E-state index in [0.29, 0.717) is 31.4 Å². The molecule has 1 aliphatic carbocycles. The number of benzene rings is 1. The van der Waals surface area contributed by atoms with Gasteiger partial charge in [0.2, 0.25) is 0 Å². The van der Waals surface area contributed by atoms with E-state index in [1.807, 2.05) is 36.5 Å². The second kappa shape index (κ2) is 12.6. The molecule has 0 bridgehead atoms. The third kappa shape index (κ3) is 6.89. The SMILES string of the molecule is CC(CC(=O)Cc1sc2c(c1C#N)CCC(COC(=O)CCCc1cccnc1)C2)c1ccccc1. The third-order valence-electron chi connectivity index (χ3n) is 6.86. The molecular formula is C30H32N2O3S. The van der Waals surface area contributed by atoms with Crippen molar-refractivity contribution < 1.29 is 14.3 Å². The molecule has 0 radical (unpaired) electrons. The number of esters is 1. The lowest BCUT2D eigenvalue weighted by Crippen LogP contribution is -2.20. The quantitative estimate of drug-likeness (QED) is 0.302. The Bertz CT molecular complexity index is 1210. The average Bonchev–Trinajstić information content (AvgIpc) is 3.24. The van der Waals surface area contributed by atoms with Crippen molar-refractivity contribution in [2.45, 2.75) is 64.2 Å². The van der Waals surface area contributed by atoms with Crippen LogP contribution in [0.5, 0.6) is 0 Å². The number of carbonyl (C=O) groups excluding carboxylic acids is 2. The zero-order chi connectivity index (χ0) is 25.3. The lowest BCUT2D eigenvalue weighted by Gasteiger charge is -2.22. The highest BCUT2D eigenvalue weighted by molar-refractivity contribution is 7.12. The maximum Gasteiger partial charge on any atom is 0.305 e. The number of nitriles is 1. The monoisotopic (exact) mass is 500 g/mol. The topological polar surface area (TPSA) is 80.0 Å². The number of nitrogens with zero attached hydrogens (tertiary/aromatic N) is 2. The maximum atomic E-state index is 12.8. The number of pyridine rings is 1. The number of fused-ring (bicyclic) bond motifs is 1. The molecule has 0 saturated heterocycles. The Labute approximate surface area is 217 Å². The van der Waals surface area contributed by atoms with Crippen molar-refractivity contribution in [2.75, 3.05) is 6.61 Å². The average molecular weight is 501 g/mol. The van der Waals surface area contributed by atoms with Gasteiger partial charge in [0.1, 0.15) is 11.9 Å². The van der Waals surface area contributed by atoms with Gasteiger partial charge in [-0.05, 0) is 66.7 Å². The number of ether oxygens (including phenoxy) is 1. The molecule has 0 N–H and O–H groups in total. The van der Waals surface area contributed by atoms with Gasteiger partial charge in [-0.3, -0.25) is 14.6 Å². The zero-order valence-electron chi connectivity index (χ0n) is 20.7. The number of Topliss-reactive ketones (excluding diaryl/α,β-unsaturated/α-hetero) is 1. The highest BCUT2D eigenvalue weighted by Crippen LogP contribution is 2.37. The highest BCUT2D eigenvalue weighted by Gasteiger charge is 2.27. The Morgan fingerprint density at radius 2 is 2.06 bits per heavy atom. The van der Waals surface area contributed by atoms with Crippen molar-refractivity contribution >= 4 is 23.1 Å². The van der Waals surface area contributed by atoms with E-state index in [2.05, 4.69) is 30.1 Å². The molecule has 6 heteroatoms. The Morgan fingerprint density at radius 1 is 1.22 bits per heavy atom. The summed E-state index contributed by atoms with van der Waals surface area (Å²) in [6, 6.07) is 16.3. The first kappa shape index (κ1) is 25.8. The molecule has 0 saturated carbocycles.